The summed E-state index contributed by atoms with van der Waals surface area (Å²) in [6, 6.07) is 21.9. The monoisotopic (exact) mass is 576 g/mol. The Kier molecular flexibility index (Phi) is 7.76. The number of nitrogens with one attached hydrogen (secondary N) is 1. The standard InChI is InChI=1S/C35H36N4O4/c1-23-8-3-5-11-29(23)30-15-13-26(18-24(30)2)34(41)39-22-28-14-16-32(38(28)21-27-10-4-6-12-31(27)39)33(40)36-19-25-9-7-17-37(20-25)35(42)43/h3-6,8,10-13,15-16,18,22,25H,7,9,14,17,19-21H2,1-2H3,(H,36,40)(H,42,43). The molecule has 1 unspecified atom stereocenters. The van der Waals surface area contributed by atoms with Gasteiger partial charge in [0.05, 0.1) is 12.2 Å². The molecule has 3 aromatic rings. The van der Waals surface area contributed by atoms with Crippen molar-refractivity contribution in [3.8, 4) is 11.1 Å². The summed E-state index contributed by atoms with van der Waals surface area (Å²) in [5.41, 5.74) is 8.25. The molecule has 6 rings (SSSR count). The van der Waals surface area contributed by atoms with E-state index in [4.69, 9.17) is 0 Å². The number of fused-ring (bicyclic) bond motifs is 2. The molecule has 1 atom stereocenters. The van der Waals surface area contributed by atoms with Crippen molar-refractivity contribution in [2.45, 2.75) is 39.7 Å². The van der Waals surface area contributed by atoms with E-state index in [2.05, 4.69) is 24.4 Å². The summed E-state index contributed by atoms with van der Waals surface area (Å²) >= 11 is 0. The van der Waals surface area contributed by atoms with Gasteiger partial charge in [0.15, 0.2) is 0 Å². The second-order valence-corrected chi connectivity index (χ2v) is 11.6. The lowest BCUT2D eigenvalue weighted by Crippen LogP contribution is -2.43. The van der Waals surface area contributed by atoms with Crippen LogP contribution in [0.4, 0.5) is 10.5 Å². The molecule has 3 heterocycles. The Morgan fingerprint density at radius 1 is 0.953 bits per heavy atom. The fourth-order valence-corrected chi connectivity index (χ4v) is 6.38. The lowest BCUT2D eigenvalue weighted by atomic mass is 9.95. The molecule has 43 heavy (non-hydrogen) atoms. The van der Waals surface area contributed by atoms with Crippen LogP contribution in [0, 0.1) is 19.8 Å². The SMILES string of the molecule is Cc1ccccc1-c1ccc(C(=O)N2C=C3CC=C(C(=O)NCC4CCCN(C(=O)O)C4)N3Cc3ccccc32)cc1C. The first-order valence-corrected chi connectivity index (χ1v) is 14.8. The van der Waals surface area contributed by atoms with Crippen molar-refractivity contribution in [1.82, 2.24) is 15.1 Å². The number of carbonyl (C=O) groups excluding carboxylic acids is 2. The first kappa shape index (κ1) is 28.3. The van der Waals surface area contributed by atoms with Gasteiger partial charge in [-0.05, 0) is 84.7 Å². The number of hydrogen-bond acceptors (Lipinski definition) is 4. The molecule has 0 bridgehead atoms. The van der Waals surface area contributed by atoms with Crippen LogP contribution in [0.15, 0.2) is 90.4 Å². The summed E-state index contributed by atoms with van der Waals surface area (Å²) in [4.78, 5) is 43.9. The number of anilines is 1. The van der Waals surface area contributed by atoms with Gasteiger partial charge in [0.1, 0.15) is 5.70 Å². The molecule has 3 aliphatic heterocycles. The first-order chi connectivity index (χ1) is 20.8. The Morgan fingerprint density at radius 3 is 2.51 bits per heavy atom. The molecule has 220 valence electrons. The molecule has 8 nitrogen and oxygen atoms in total. The number of aryl methyl sites for hydroxylation is 2. The molecule has 2 N–H and O–H groups in total. The third kappa shape index (κ3) is 5.65. The maximum absolute atomic E-state index is 14.1. The number of likely N-dealkylation sites (tertiary alicyclic amines) is 1. The highest BCUT2D eigenvalue weighted by atomic mass is 16.4. The number of hydrogen-bond donors (Lipinski definition) is 2. The number of carboxylic acid groups (broad SMARTS) is 1. The zero-order valence-electron chi connectivity index (χ0n) is 24.5. The van der Waals surface area contributed by atoms with E-state index in [1.54, 1.807) is 4.90 Å². The molecule has 8 heteroatoms. The second kappa shape index (κ2) is 11.8. The number of piperidine rings is 1. The summed E-state index contributed by atoms with van der Waals surface area (Å²) in [6.07, 6.45) is 5.06. The van der Waals surface area contributed by atoms with E-state index in [9.17, 15) is 19.5 Å². The van der Waals surface area contributed by atoms with Crippen molar-refractivity contribution in [2.75, 3.05) is 24.5 Å². The largest absolute Gasteiger partial charge is 0.465 e. The molecular weight excluding hydrogens is 540 g/mol. The minimum atomic E-state index is -0.913. The molecule has 0 saturated carbocycles. The van der Waals surface area contributed by atoms with Crippen LogP contribution >= 0.6 is 0 Å². The summed E-state index contributed by atoms with van der Waals surface area (Å²) in [6.45, 7) is 5.98. The number of benzene rings is 3. The Hall–Kier alpha value is -4.85. The molecule has 0 radical (unpaired) electrons. The molecule has 1 saturated heterocycles. The minimum absolute atomic E-state index is 0.0874. The van der Waals surface area contributed by atoms with E-state index < -0.39 is 6.09 Å². The van der Waals surface area contributed by atoms with Crippen LogP contribution in [0.2, 0.25) is 0 Å². The van der Waals surface area contributed by atoms with Crippen LogP contribution in [0.5, 0.6) is 0 Å². The van der Waals surface area contributed by atoms with Gasteiger partial charge in [-0.3, -0.25) is 14.5 Å². The van der Waals surface area contributed by atoms with Crippen LogP contribution in [-0.2, 0) is 11.3 Å². The number of carbonyl (C=O) groups is 3. The fourth-order valence-electron chi connectivity index (χ4n) is 6.38. The predicted octanol–water partition coefficient (Wildman–Crippen LogP) is 6.07. The van der Waals surface area contributed by atoms with E-state index >= 15 is 0 Å². The lowest BCUT2D eigenvalue weighted by molar-refractivity contribution is -0.119. The van der Waals surface area contributed by atoms with Gasteiger partial charge in [-0.25, -0.2) is 4.79 Å². The number of nitrogens with zero attached hydrogens (tertiary/aromatic N) is 3. The highest BCUT2D eigenvalue weighted by molar-refractivity contribution is 6.08. The van der Waals surface area contributed by atoms with Crippen LogP contribution in [0.25, 0.3) is 11.1 Å². The molecular formula is C35H36N4O4. The number of para-hydroxylation sites is 1. The average Bonchev–Trinajstić information content (AvgIpc) is 3.33. The van der Waals surface area contributed by atoms with E-state index in [1.807, 2.05) is 78.7 Å². The third-order valence-corrected chi connectivity index (χ3v) is 8.70. The van der Waals surface area contributed by atoms with Gasteiger partial charge in [-0.15, -0.1) is 0 Å². The number of amides is 3. The highest BCUT2D eigenvalue weighted by Crippen LogP contribution is 2.36. The molecule has 3 amide bonds. The molecule has 0 aromatic heterocycles. The Bertz CT molecular complexity index is 1660. The van der Waals surface area contributed by atoms with Gasteiger partial charge in [0.2, 0.25) is 0 Å². The van der Waals surface area contributed by atoms with Gasteiger partial charge >= 0.3 is 6.09 Å². The van der Waals surface area contributed by atoms with E-state index in [1.165, 1.54) is 10.5 Å². The smallest absolute Gasteiger partial charge is 0.407 e. The van der Waals surface area contributed by atoms with Crippen molar-refractivity contribution in [1.29, 1.82) is 0 Å². The van der Waals surface area contributed by atoms with E-state index in [0.29, 0.717) is 43.9 Å². The fraction of sp³-hybridized carbons (Fsp3) is 0.286. The van der Waals surface area contributed by atoms with Gasteiger partial charge in [0.25, 0.3) is 11.8 Å². The van der Waals surface area contributed by atoms with Crippen molar-refractivity contribution < 1.29 is 19.5 Å². The molecule has 3 aromatic carbocycles. The highest BCUT2D eigenvalue weighted by Gasteiger charge is 2.32. The third-order valence-electron chi connectivity index (χ3n) is 8.70. The summed E-state index contributed by atoms with van der Waals surface area (Å²) in [5, 5.41) is 12.4. The number of rotatable bonds is 5. The normalized spacial score (nSPS) is 17.8. The Morgan fingerprint density at radius 2 is 1.72 bits per heavy atom. The minimum Gasteiger partial charge on any atom is -0.465 e. The topological polar surface area (TPSA) is 93.2 Å². The molecule has 0 spiro atoms. The Labute approximate surface area is 251 Å². The van der Waals surface area contributed by atoms with Crippen LogP contribution < -0.4 is 10.2 Å². The zero-order valence-corrected chi connectivity index (χ0v) is 24.5. The van der Waals surface area contributed by atoms with Crippen LogP contribution in [0.3, 0.4) is 0 Å². The Balaban J connectivity index is 1.23. The van der Waals surface area contributed by atoms with Crippen molar-refractivity contribution in [3.05, 3.63) is 113 Å². The average molecular weight is 577 g/mol. The van der Waals surface area contributed by atoms with E-state index in [-0.39, 0.29) is 17.7 Å². The molecule has 0 aliphatic carbocycles. The van der Waals surface area contributed by atoms with Gasteiger partial charge in [-0.1, -0.05) is 48.5 Å². The number of allylic oxidation sites excluding steroid dienone is 1. The predicted molar refractivity (Wildman–Crippen MR) is 166 cm³/mol. The summed E-state index contributed by atoms with van der Waals surface area (Å²) < 4.78 is 0. The zero-order chi connectivity index (χ0) is 30.1. The summed E-state index contributed by atoms with van der Waals surface area (Å²) in [7, 11) is 0. The van der Waals surface area contributed by atoms with Gasteiger partial charge < -0.3 is 20.2 Å². The lowest BCUT2D eigenvalue weighted by Gasteiger charge is -2.31. The van der Waals surface area contributed by atoms with Crippen molar-refractivity contribution >= 4 is 23.6 Å². The maximum Gasteiger partial charge on any atom is 0.407 e. The molecule has 1 fully saturated rings. The summed E-state index contributed by atoms with van der Waals surface area (Å²) in [5.74, 6) is -0.223. The van der Waals surface area contributed by atoms with Gasteiger partial charge in [-0.2, -0.15) is 0 Å². The van der Waals surface area contributed by atoms with Crippen LogP contribution in [-0.4, -0.2) is 52.4 Å². The van der Waals surface area contributed by atoms with Gasteiger partial charge in [0, 0.05) is 43.5 Å². The van der Waals surface area contributed by atoms with E-state index in [0.717, 1.165) is 46.5 Å². The second-order valence-electron chi connectivity index (χ2n) is 11.6. The molecule has 3 aliphatic rings. The quantitative estimate of drug-likeness (QED) is 0.385. The van der Waals surface area contributed by atoms with Crippen molar-refractivity contribution in [3.63, 3.8) is 0 Å². The van der Waals surface area contributed by atoms with Crippen LogP contribution in [0.1, 0.15) is 46.3 Å². The maximum atomic E-state index is 14.1. The first-order valence-electron chi connectivity index (χ1n) is 14.8. The van der Waals surface area contributed by atoms with Crippen molar-refractivity contribution in [2.24, 2.45) is 5.92 Å².